The summed E-state index contributed by atoms with van der Waals surface area (Å²) in [5, 5.41) is 6.02. The van der Waals surface area contributed by atoms with Gasteiger partial charge < -0.3 is 16.4 Å². The average molecular weight is 229 g/mol. The largest absolute Gasteiger partial charge is 0.355 e. The van der Waals surface area contributed by atoms with E-state index in [1.807, 2.05) is 0 Å². The number of carbonyl (C=O) groups is 1. The van der Waals surface area contributed by atoms with Crippen LogP contribution in [0.1, 0.15) is 27.7 Å². The van der Waals surface area contributed by atoms with Crippen LogP contribution in [0.3, 0.4) is 0 Å². The first-order chi connectivity index (χ1) is 7.47. The van der Waals surface area contributed by atoms with Gasteiger partial charge in [-0.2, -0.15) is 0 Å². The van der Waals surface area contributed by atoms with Gasteiger partial charge in [-0.25, -0.2) is 0 Å². The van der Waals surface area contributed by atoms with E-state index in [1.54, 1.807) is 0 Å². The van der Waals surface area contributed by atoms with Crippen LogP contribution in [0.15, 0.2) is 0 Å². The van der Waals surface area contributed by atoms with Crippen LogP contribution < -0.4 is 16.4 Å². The Morgan fingerprint density at radius 3 is 2.25 bits per heavy atom. The number of nitrogens with one attached hydrogen (secondary N) is 2. The molecule has 16 heavy (non-hydrogen) atoms. The Bertz CT molecular complexity index is 193. The van der Waals surface area contributed by atoms with Crippen LogP contribution in [-0.2, 0) is 4.79 Å². The molecule has 4 N–H and O–H groups in total. The van der Waals surface area contributed by atoms with Crippen LogP contribution in [0.25, 0.3) is 0 Å². The third-order valence-electron chi connectivity index (χ3n) is 2.65. The van der Waals surface area contributed by atoms with Crippen molar-refractivity contribution >= 4 is 5.91 Å². The second-order valence-electron chi connectivity index (χ2n) is 5.07. The summed E-state index contributed by atoms with van der Waals surface area (Å²) in [4.78, 5) is 11.4. The molecule has 0 rings (SSSR count). The van der Waals surface area contributed by atoms with Gasteiger partial charge in [-0.05, 0) is 30.8 Å². The molecule has 0 spiro atoms. The van der Waals surface area contributed by atoms with Gasteiger partial charge in [-0.1, -0.05) is 27.7 Å². The van der Waals surface area contributed by atoms with Gasteiger partial charge in [-0.15, -0.1) is 0 Å². The molecule has 1 atom stereocenters. The zero-order valence-corrected chi connectivity index (χ0v) is 11.0. The van der Waals surface area contributed by atoms with Gasteiger partial charge in [0.25, 0.3) is 0 Å². The number of carbonyl (C=O) groups excluding carboxylic acids is 1. The van der Waals surface area contributed by atoms with E-state index in [0.29, 0.717) is 30.8 Å². The lowest BCUT2D eigenvalue weighted by molar-refractivity contribution is -0.120. The zero-order valence-electron chi connectivity index (χ0n) is 11.0. The van der Waals surface area contributed by atoms with E-state index in [2.05, 4.69) is 38.3 Å². The molecule has 0 aliphatic rings. The monoisotopic (exact) mass is 229 g/mol. The molecule has 0 bridgehead atoms. The Morgan fingerprint density at radius 2 is 1.81 bits per heavy atom. The predicted molar refractivity (Wildman–Crippen MR) is 68.1 cm³/mol. The quantitative estimate of drug-likeness (QED) is 0.570. The summed E-state index contributed by atoms with van der Waals surface area (Å²) < 4.78 is 0. The third-order valence-corrected chi connectivity index (χ3v) is 2.65. The first-order valence-corrected chi connectivity index (χ1v) is 6.14. The lowest BCUT2D eigenvalue weighted by atomic mass is 9.96. The Kier molecular flexibility index (Phi) is 8.21. The number of hydrogen-bond donors (Lipinski definition) is 3. The zero-order chi connectivity index (χ0) is 12.6. The minimum Gasteiger partial charge on any atom is -0.355 e. The first kappa shape index (κ1) is 15.4. The average Bonchev–Trinajstić information content (AvgIpc) is 2.20. The van der Waals surface area contributed by atoms with Crippen LogP contribution in [-0.4, -0.2) is 32.1 Å². The molecule has 4 heteroatoms. The summed E-state index contributed by atoms with van der Waals surface area (Å²) in [7, 11) is 0. The van der Waals surface area contributed by atoms with Gasteiger partial charge in [0, 0.05) is 6.54 Å². The fourth-order valence-corrected chi connectivity index (χ4v) is 1.34. The molecule has 0 fully saturated rings. The van der Waals surface area contributed by atoms with Crippen LogP contribution in [0.5, 0.6) is 0 Å². The molecule has 0 aromatic heterocycles. The summed E-state index contributed by atoms with van der Waals surface area (Å²) >= 11 is 0. The van der Waals surface area contributed by atoms with Crippen molar-refractivity contribution in [3.8, 4) is 0 Å². The number of hydrogen-bond acceptors (Lipinski definition) is 3. The van der Waals surface area contributed by atoms with Crippen LogP contribution in [0.4, 0.5) is 0 Å². The van der Waals surface area contributed by atoms with E-state index < -0.39 is 0 Å². The summed E-state index contributed by atoms with van der Waals surface area (Å²) in [6.07, 6.45) is 0. The van der Waals surface area contributed by atoms with E-state index >= 15 is 0 Å². The van der Waals surface area contributed by atoms with Gasteiger partial charge in [0.1, 0.15) is 0 Å². The SMILES string of the molecule is CC(C)CNC(=O)CNCC(CN)C(C)C. The Hall–Kier alpha value is -0.610. The highest BCUT2D eigenvalue weighted by atomic mass is 16.1. The van der Waals surface area contributed by atoms with Crippen molar-refractivity contribution in [3.05, 3.63) is 0 Å². The topological polar surface area (TPSA) is 67.2 Å². The van der Waals surface area contributed by atoms with Crippen molar-refractivity contribution in [2.45, 2.75) is 27.7 Å². The summed E-state index contributed by atoms with van der Waals surface area (Å²) in [5.41, 5.74) is 5.65. The van der Waals surface area contributed by atoms with Crippen LogP contribution >= 0.6 is 0 Å². The molecule has 96 valence electrons. The molecule has 4 nitrogen and oxygen atoms in total. The molecule has 0 aromatic rings. The fourth-order valence-electron chi connectivity index (χ4n) is 1.34. The van der Waals surface area contributed by atoms with Crippen molar-refractivity contribution in [1.29, 1.82) is 0 Å². The second-order valence-corrected chi connectivity index (χ2v) is 5.07. The van der Waals surface area contributed by atoms with Gasteiger partial charge in [-0.3, -0.25) is 4.79 Å². The minimum absolute atomic E-state index is 0.0632. The highest BCUT2D eigenvalue weighted by Crippen LogP contribution is 2.06. The standard InChI is InChI=1S/C12H27N3O/c1-9(2)6-15-12(16)8-14-7-11(5-13)10(3)4/h9-11,14H,5-8,13H2,1-4H3,(H,15,16). The summed E-state index contributed by atoms with van der Waals surface area (Å²) in [5.74, 6) is 1.55. The molecular formula is C12H27N3O. The Labute approximate surface area is 99.4 Å². The molecular weight excluding hydrogens is 202 g/mol. The Balaban J connectivity index is 3.60. The second kappa shape index (κ2) is 8.53. The minimum atomic E-state index is 0.0632. The molecule has 0 aliphatic carbocycles. The number of rotatable bonds is 8. The van der Waals surface area contributed by atoms with E-state index in [1.165, 1.54) is 0 Å². The molecule has 1 amide bonds. The maximum absolute atomic E-state index is 11.4. The van der Waals surface area contributed by atoms with Gasteiger partial charge in [0.05, 0.1) is 6.54 Å². The Morgan fingerprint density at radius 1 is 1.19 bits per heavy atom. The van der Waals surface area contributed by atoms with E-state index in [9.17, 15) is 4.79 Å². The van der Waals surface area contributed by atoms with Crippen LogP contribution in [0.2, 0.25) is 0 Å². The summed E-state index contributed by atoms with van der Waals surface area (Å²) in [6.45, 7) is 11.1. The maximum Gasteiger partial charge on any atom is 0.233 e. The molecule has 0 heterocycles. The lowest BCUT2D eigenvalue weighted by Crippen LogP contribution is -2.39. The molecule has 0 aromatic carbocycles. The van der Waals surface area contributed by atoms with Gasteiger partial charge >= 0.3 is 0 Å². The smallest absolute Gasteiger partial charge is 0.233 e. The van der Waals surface area contributed by atoms with E-state index in [-0.39, 0.29) is 5.91 Å². The molecule has 0 saturated carbocycles. The molecule has 0 saturated heterocycles. The lowest BCUT2D eigenvalue weighted by Gasteiger charge is -2.19. The van der Waals surface area contributed by atoms with Gasteiger partial charge in [0.2, 0.25) is 5.91 Å². The fraction of sp³-hybridized carbons (Fsp3) is 0.917. The summed E-state index contributed by atoms with van der Waals surface area (Å²) in [6, 6.07) is 0. The molecule has 0 radical (unpaired) electrons. The van der Waals surface area contributed by atoms with E-state index in [4.69, 9.17) is 5.73 Å². The van der Waals surface area contributed by atoms with Crippen molar-refractivity contribution in [2.75, 3.05) is 26.2 Å². The van der Waals surface area contributed by atoms with E-state index in [0.717, 1.165) is 13.1 Å². The van der Waals surface area contributed by atoms with Crippen molar-refractivity contribution < 1.29 is 4.79 Å². The maximum atomic E-state index is 11.4. The van der Waals surface area contributed by atoms with Crippen molar-refractivity contribution in [2.24, 2.45) is 23.5 Å². The first-order valence-electron chi connectivity index (χ1n) is 6.14. The normalized spacial score (nSPS) is 13.2. The highest BCUT2D eigenvalue weighted by molar-refractivity contribution is 5.77. The van der Waals surface area contributed by atoms with Crippen LogP contribution in [0, 0.1) is 17.8 Å². The van der Waals surface area contributed by atoms with Crippen molar-refractivity contribution in [3.63, 3.8) is 0 Å². The van der Waals surface area contributed by atoms with Crippen molar-refractivity contribution in [1.82, 2.24) is 10.6 Å². The highest BCUT2D eigenvalue weighted by Gasteiger charge is 2.11. The van der Waals surface area contributed by atoms with Gasteiger partial charge in [0.15, 0.2) is 0 Å². The third kappa shape index (κ3) is 7.65. The number of nitrogens with two attached hydrogens (primary N) is 1. The molecule has 1 unspecified atom stereocenters. The predicted octanol–water partition coefficient (Wildman–Crippen LogP) is 0.579. The molecule has 0 aliphatic heterocycles. The number of amides is 1.